The Morgan fingerprint density at radius 2 is 2.00 bits per heavy atom. The predicted octanol–water partition coefficient (Wildman–Crippen LogP) is 1.50. The average Bonchev–Trinajstić information content (AvgIpc) is 2.56. The molecule has 18 heavy (non-hydrogen) atoms. The molecule has 1 rings (SSSR count). The van der Waals surface area contributed by atoms with Crippen LogP contribution in [-0.4, -0.2) is 23.6 Å². The summed E-state index contributed by atoms with van der Waals surface area (Å²) < 4.78 is 2.19. The van der Waals surface area contributed by atoms with E-state index in [9.17, 15) is 4.79 Å². The maximum absolute atomic E-state index is 11.3. The third-order valence-corrected chi connectivity index (χ3v) is 3.32. The van der Waals surface area contributed by atoms with Gasteiger partial charge in [-0.2, -0.15) is 0 Å². The van der Waals surface area contributed by atoms with Crippen LogP contribution in [0.5, 0.6) is 0 Å². The second-order valence-electron chi connectivity index (χ2n) is 5.08. The summed E-state index contributed by atoms with van der Waals surface area (Å²) in [6, 6.07) is 2.20. The number of carbonyl (C=O) groups excluding carboxylic acids is 1. The van der Waals surface area contributed by atoms with Gasteiger partial charge in [-0.15, -0.1) is 0 Å². The lowest BCUT2D eigenvalue weighted by atomic mass is 10.2. The molecule has 0 bridgehead atoms. The summed E-state index contributed by atoms with van der Waals surface area (Å²) in [6.45, 7) is 10.4. The predicted molar refractivity (Wildman–Crippen MR) is 74.4 cm³/mol. The van der Waals surface area contributed by atoms with Gasteiger partial charge in [0.25, 0.3) is 0 Å². The van der Waals surface area contributed by atoms with Gasteiger partial charge in [0.2, 0.25) is 5.91 Å². The topological polar surface area (TPSA) is 46.1 Å². The van der Waals surface area contributed by atoms with Gasteiger partial charge < -0.3 is 15.2 Å². The Morgan fingerprint density at radius 3 is 2.50 bits per heavy atom. The molecule has 1 aromatic heterocycles. The molecule has 1 heterocycles. The molecule has 0 fully saturated rings. The summed E-state index contributed by atoms with van der Waals surface area (Å²) in [4.78, 5) is 11.3. The van der Waals surface area contributed by atoms with Gasteiger partial charge in [-0.25, -0.2) is 0 Å². The van der Waals surface area contributed by atoms with Crippen molar-refractivity contribution >= 4 is 5.91 Å². The highest BCUT2D eigenvalue weighted by Crippen LogP contribution is 2.12. The largest absolute Gasteiger partial charge is 0.355 e. The number of hydrogen-bond donors (Lipinski definition) is 2. The van der Waals surface area contributed by atoms with Gasteiger partial charge in [0.05, 0.1) is 0 Å². The smallest absolute Gasteiger partial charge is 0.222 e. The first-order valence-electron chi connectivity index (χ1n) is 6.53. The molecule has 1 aromatic rings. The van der Waals surface area contributed by atoms with Gasteiger partial charge in [-0.3, -0.25) is 4.79 Å². The molecule has 0 radical (unpaired) electrons. The normalized spacial score (nSPS) is 11.0. The zero-order valence-electron chi connectivity index (χ0n) is 12.1. The number of aromatic nitrogens is 1. The van der Waals surface area contributed by atoms with Crippen LogP contribution in [0.25, 0.3) is 0 Å². The number of rotatable bonds is 6. The molecular weight excluding hydrogens is 226 g/mol. The minimum Gasteiger partial charge on any atom is -0.355 e. The zero-order chi connectivity index (χ0) is 13.7. The molecule has 0 aliphatic carbocycles. The fourth-order valence-corrected chi connectivity index (χ4v) is 1.81. The highest BCUT2D eigenvalue weighted by molar-refractivity contribution is 5.77. The second-order valence-corrected chi connectivity index (χ2v) is 5.08. The lowest BCUT2D eigenvalue weighted by Crippen LogP contribution is -2.34. The maximum atomic E-state index is 11.3. The van der Waals surface area contributed by atoms with Crippen LogP contribution in [-0.2, 0) is 18.4 Å². The van der Waals surface area contributed by atoms with E-state index in [1.54, 1.807) is 0 Å². The Morgan fingerprint density at radius 1 is 1.33 bits per heavy atom. The third-order valence-electron chi connectivity index (χ3n) is 3.32. The summed E-state index contributed by atoms with van der Waals surface area (Å²) in [7, 11) is 2.08. The Hall–Kier alpha value is -1.29. The molecule has 1 amide bonds. The van der Waals surface area contributed by atoms with E-state index in [0.29, 0.717) is 6.54 Å². The molecule has 102 valence electrons. The summed E-state index contributed by atoms with van der Waals surface area (Å²) in [6.07, 6.45) is 0. The number of nitrogens with one attached hydrogen (secondary N) is 2. The van der Waals surface area contributed by atoms with E-state index in [2.05, 4.69) is 42.2 Å². The SMILES string of the molecule is Cc1cc(CNCCNC(=O)C(C)C)c(C)n1C. The Bertz CT molecular complexity index is 407. The molecule has 0 saturated carbocycles. The monoisotopic (exact) mass is 251 g/mol. The summed E-state index contributed by atoms with van der Waals surface area (Å²) in [5.74, 6) is 0.174. The summed E-state index contributed by atoms with van der Waals surface area (Å²) in [5, 5.41) is 6.24. The fraction of sp³-hybridized carbons (Fsp3) is 0.643. The lowest BCUT2D eigenvalue weighted by molar-refractivity contribution is -0.123. The number of aryl methyl sites for hydroxylation is 1. The van der Waals surface area contributed by atoms with Gasteiger partial charge in [-0.05, 0) is 25.5 Å². The van der Waals surface area contributed by atoms with Crippen molar-refractivity contribution in [3.63, 3.8) is 0 Å². The van der Waals surface area contributed by atoms with Crippen molar-refractivity contribution in [2.75, 3.05) is 13.1 Å². The second kappa shape index (κ2) is 6.59. The lowest BCUT2D eigenvalue weighted by Gasteiger charge is -2.08. The number of hydrogen-bond acceptors (Lipinski definition) is 2. The van der Waals surface area contributed by atoms with E-state index in [1.807, 2.05) is 13.8 Å². The van der Waals surface area contributed by atoms with E-state index >= 15 is 0 Å². The van der Waals surface area contributed by atoms with Crippen molar-refractivity contribution in [1.29, 1.82) is 0 Å². The minimum absolute atomic E-state index is 0.0593. The molecule has 2 N–H and O–H groups in total. The van der Waals surface area contributed by atoms with E-state index in [0.717, 1.165) is 13.1 Å². The Labute approximate surface area is 110 Å². The molecular formula is C14H25N3O. The third kappa shape index (κ3) is 3.88. The van der Waals surface area contributed by atoms with Crippen LogP contribution in [0.2, 0.25) is 0 Å². The fourth-order valence-electron chi connectivity index (χ4n) is 1.81. The Kier molecular flexibility index (Phi) is 5.41. The summed E-state index contributed by atoms with van der Waals surface area (Å²) in [5.41, 5.74) is 3.90. The maximum Gasteiger partial charge on any atom is 0.222 e. The molecule has 4 nitrogen and oxygen atoms in total. The van der Waals surface area contributed by atoms with Crippen LogP contribution < -0.4 is 10.6 Å². The van der Waals surface area contributed by atoms with Crippen molar-refractivity contribution < 1.29 is 4.79 Å². The van der Waals surface area contributed by atoms with Crippen LogP contribution >= 0.6 is 0 Å². The molecule has 0 aromatic carbocycles. The molecule has 0 unspecified atom stereocenters. The van der Waals surface area contributed by atoms with Gasteiger partial charge in [-0.1, -0.05) is 13.8 Å². The van der Waals surface area contributed by atoms with E-state index < -0.39 is 0 Å². The van der Waals surface area contributed by atoms with E-state index in [4.69, 9.17) is 0 Å². The molecule has 0 saturated heterocycles. The van der Waals surface area contributed by atoms with Gasteiger partial charge in [0.15, 0.2) is 0 Å². The van der Waals surface area contributed by atoms with Crippen molar-refractivity contribution in [1.82, 2.24) is 15.2 Å². The average molecular weight is 251 g/mol. The highest BCUT2D eigenvalue weighted by Gasteiger charge is 2.06. The minimum atomic E-state index is 0.0593. The number of carbonyl (C=O) groups is 1. The van der Waals surface area contributed by atoms with Gasteiger partial charge >= 0.3 is 0 Å². The van der Waals surface area contributed by atoms with Crippen LogP contribution in [0.4, 0.5) is 0 Å². The Balaban J connectivity index is 2.26. The first-order valence-corrected chi connectivity index (χ1v) is 6.53. The quantitative estimate of drug-likeness (QED) is 0.753. The van der Waals surface area contributed by atoms with E-state index in [-0.39, 0.29) is 11.8 Å². The van der Waals surface area contributed by atoms with Crippen molar-refractivity contribution in [3.05, 3.63) is 23.0 Å². The molecule has 0 aliphatic rings. The van der Waals surface area contributed by atoms with Gasteiger partial charge in [0, 0.05) is 44.0 Å². The number of nitrogens with zero attached hydrogens (tertiary/aromatic N) is 1. The summed E-state index contributed by atoms with van der Waals surface area (Å²) >= 11 is 0. The van der Waals surface area contributed by atoms with E-state index in [1.165, 1.54) is 17.0 Å². The van der Waals surface area contributed by atoms with Crippen LogP contribution in [0.3, 0.4) is 0 Å². The standard InChI is InChI=1S/C14H25N3O/c1-10(2)14(18)16-7-6-15-9-13-8-11(3)17(5)12(13)4/h8,10,15H,6-7,9H2,1-5H3,(H,16,18). The van der Waals surface area contributed by atoms with Crippen molar-refractivity contribution in [2.24, 2.45) is 13.0 Å². The molecule has 0 spiro atoms. The zero-order valence-corrected chi connectivity index (χ0v) is 12.1. The first kappa shape index (κ1) is 14.8. The highest BCUT2D eigenvalue weighted by atomic mass is 16.1. The molecule has 0 aliphatic heterocycles. The number of amides is 1. The van der Waals surface area contributed by atoms with Crippen molar-refractivity contribution in [2.45, 2.75) is 34.2 Å². The van der Waals surface area contributed by atoms with Crippen LogP contribution in [0, 0.1) is 19.8 Å². The van der Waals surface area contributed by atoms with Crippen molar-refractivity contribution in [3.8, 4) is 0 Å². The first-order chi connectivity index (χ1) is 8.43. The van der Waals surface area contributed by atoms with Crippen LogP contribution in [0.15, 0.2) is 6.07 Å². The molecule has 0 atom stereocenters. The van der Waals surface area contributed by atoms with Gasteiger partial charge in [0.1, 0.15) is 0 Å². The van der Waals surface area contributed by atoms with Crippen LogP contribution in [0.1, 0.15) is 30.8 Å². The molecule has 4 heteroatoms.